The first-order chi connectivity index (χ1) is 16.4. The van der Waals surface area contributed by atoms with Gasteiger partial charge in [-0.15, -0.1) is 0 Å². The number of fused-ring (bicyclic) bond motifs is 2. The van der Waals surface area contributed by atoms with Gasteiger partial charge in [-0.3, -0.25) is 13.7 Å². The monoisotopic (exact) mass is 556 g/mol. The zero-order valence-corrected chi connectivity index (χ0v) is 20.8. The van der Waals surface area contributed by atoms with E-state index in [2.05, 4.69) is 5.32 Å². The van der Waals surface area contributed by atoms with Crippen molar-refractivity contribution in [2.45, 2.75) is 27.9 Å². The van der Waals surface area contributed by atoms with Crippen molar-refractivity contribution in [1.29, 1.82) is 0 Å². The Bertz CT molecular complexity index is 1800. The van der Waals surface area contributed by atoms with Gasteiger partial charge in [0.15, 0.2) is 0 Å². The van der Waals surface area contributed by atoms with E-state index in [0.29, 0.717) is 5.39 Å². The molecule has 1 unspecified atom stereocenters. The van der Waals surface area contributed by atoms with Crippen LogP contribution >= 0.6 is 0 Å². The number of phenols is 1. The molecule has 0 amide bonds. The Labute approximate surface area is 206 Å². The van der Waals surface area contributed by atoms with Crippen LogP contribution in [-0.2, 0) is 36.8 Å². The number of aromatic hydroxyl groups is 1. The van der Waals surface area contributed by atoms with E-state index >= 15 is 0 Å². The highest BCUT2D eigenvalue weighted by atomic mass is 32.2. The van der Waals surface area contributed by atoms with Gasteiger partial charge in [-0.05, 0) is 42.5 Å². The molecule has 1 aliphatic carbocycles. The summed E-state index contributed by atoms with van der Waals surface area (Å²) in [5.41, 5.74) is 4.30. The van der Waals surface area contributed by atoms with E-state index in [1.165, 1.54) is 24.3 Å². The third-order valence-electron chi connectivity index (χ3n) is 5.90. The summed E-state index contributed by atoms with van der Waals surface area (Å²) >= 11 is 0. The van der Waals surface area contributed by atoms with Crippen molar-refractivity contribution in [1.82, 2.24) is 0 Å². The van der Waals surface area contributed by atoms with E-state index < -0.39 is 62.8 Å². The second kappa shape index (κ2) is 8.16. The minimum Gasteiger partial charge on any atom is -0.505 e. The summed E-state index contributed by atoms with van der Waals surface area (Å²) in [5.74, 6) is -0.847. The average molecular weight is 557 g/mol. The van der Waals surface area contributed by atoms with Gasteiger partial charge in [0, 0.05) is 16.6 Å². The molecule has 0 heterocycles. The van der Waals surface area contributed by atoms with Gasteiger partial charge in [0.1, 0.15) is 26.0 Å². The highest BCUT2D eigenvalue weighted by molar-refractivity contribution is 7.87. The zero-order chi connectivity index (χ0) is 26.8. The van der Waals surface area contributed by atoms with Crippen molar-refractivity contribution in [2.24, 2.45) is 5.73 Å². The van der Waals surface area contributed by atoms with Crippen molar-refractivity contribution >= 4 is 58.2 Å². The number of anilines is 2. The number of nitrogens with two attached hydrogens (primary N) is 1. The van der Waals surface area contributed by atoms with Gasteiger partial charge < -0.3 is 16.2 Å². The Kier molecular flexibility index (Phi) is 5.86. The molecule has 1 atom stereocenters. The first kappa shape index (κ1) is 25.9. The highest BCUT2D eigenvalue weighted by Crippen LogP contribution is 2.46. The molecule has 15 heteroatoms. The Morgan fingerprint density at radius 2 is 1.58 bits per heavy atom. The average Bonchev–Trinajstić information content (AvgIpc) is 2.72. The lowest BCUT2D eigenvalue weighted by Crippen LogP contribution is -2.38. The topological polar surface area (TPSA) is 221 Å². The van der Waals surface area contributed by atoms with Gasteiger partial charge in [-0.25, -0.2) is 0 Å². The molecule has 0 radical (unpaired) electrons. The maximum Gasteiger partial charge on any atom is 0.297 e. The van der Waals surface area contributed by atoms with Gasteiger partial charge in [-0.2, -0.15) is 25.3 Å². The second-order valence-corrected chi connectivity index (χ2v) is 13.1. The van der Waals surface area contributed by atoms with E-state index in [-0.39, 0.29) is 27.9 Å². The van der Waals surface area contributed by atoms with Crippen molar-refractivity contribution < 1.29 is 44.0 Å². The summed E-state index contributed by atoms with van der Waals surface area (Å²) in [5, 5.41) is 14.0. The molecule has 3 aromatic carbocycles. The van der Waals surface area contributed by atoms with Crippen LogP contribution in [0.25, 0.3) is 16.5 Å². The predicted molar refractivity (Wildman–Crippen MR) is 131 cm³/mol. The Morgan fingerprint density at radius 3 is 2.17 bits per heavy atom. The second-order valence-electron chi connectivity index (χ2n) is 8.44. The van der Waals surface area contributed by atoms with Crippen molar-refractivity contribution in [3.63, 3.8) is 0 Å². The van der Waals surface area contributed by atoms with Crippen LogP contribution in [0.3, 0.4) is 0 Å². The summed E-state index contributed by atoms with van der Waals surface area (Å²) in [6.07, 6.45) is 0.464. The number of nitrogens with one attached hydrogen (secondary N) is 1. The van der Waals surface area contributed by atoms with E-state index in [1.807, 2.05) is 0 Å². The standard InChI is InChI=1S/C21H20N2O10S3/c1-21(36(31,32)33)9-12-8-16(34(25,26)27)18(19(24)17(12)14(22)10-21)23-15-7-6-11-4-2-3-5-13(11)20(15)35(28,29)30/h2-8,10,23-24H,9,22H2,1H3,(H,25,26,27)(H,28,29,30)(H,31,32,33). The Hall–Kier alpha value is -3.21. The molecular formula is C21H20N2O10S3. The van der Waals surface area contributed by atoms with E-state index in [9.17, 15) is 44.0 Å². The molecule has 0 aromatic heterocycles. The molecule has 192 valence electrons. The molecule has 0 fully saturated rings. The van der Waals surface area contributed by atoms with Gasteiger partial charge in [0.25, 0.3) is 30.4 Å². The summed E-state index contributed by atoms with van der Waals surface area (Å²) in [7, 11) is -14.7. The lowest BCUT2D eigenvalue weighted by Gasteiger charge is -2.30. The number of hydrogen-bond donors (Lipinski definition) is 6. The fraction of sp³-hybridized carbons (Fsp3) is 0.143. The van der Waals surface area contributed by atoms with Crippen LogP contribution in [0.5, 0.6) is 5.75 Å². The highest BCUT2D eigenvalue weighted by Gasteiger charge is 2.42. The fourth-order valence-electron chi connectivity index (χ4n) is 4.23. The van der Waals surface area contributed by atoms with Crippen LogP contribution < -0.4 is 11.1 Å². The van der Waals surface area contributed by atoms with Crippen LogP contribution in [0.4, 0.5) is 11.4 Å². The molecule has 3 aromatic rings. The van der Waals surface area contributed by atoms with Crippen molar-refractivity contribution in [3.8, 4) is 5.75 Å². The van der Waals surface area contributed by atoms with E-state index in [1.54, 1.807) is 12.1 Å². The summed E-state index contributed by atoms with van der Waals surface area (Å²) in [4.78, 5) is -1.55. The molecule has 4 rings (SSSR count). The fourth-order valence-corrected chi connectivity index (χ4v) is 6.40. The largest absolute Gasteiger partial charge is 0.505 e. The Morgan fingerprint density at radius 1 is 0.944 bits per heavy atom. The van der Waals surface area contributed by atoms with Gasteiger partial charge in [0.05, 0.1) is 5.69 Å². The SMILES string of the molecule is CC1(S(=O)(=O)O)C=C(N)c2c(cc(S(=O)(=O)O)c(Nc3ccc4ccccc4c3S(=O)(=O)O)c2O)C1. The van der Waals surface area contributed by atoms with Crippen LogP contribution in [0.2, 0.25) is 0 Å². The predicted octanol–water partition coefficient (Wildman–Crippen LogP) is 2.28. The zero-order valence-electron chi connectivity index (χ0n) is 18.4. The molecule has 36 heavy (non-hydrogen) atoms. The van der Waals surface area contributed by atoms with Gasteiger partial charge in [0.2, 0.25) is 0 Å². The normalized spacial score (nSPS) is 18.5. The molecule has 0 bridgehead atoms. The summed E-state index contributed by atoms with van der Waals surface area (Å²) in [6.45, 7) is 1.13. The molecule has 7 N–H and O–H groups in total. The quantitative estimate of drug-likeness (QED) is 0.197. The molecule has 1 aliphatic rings. The molecule has 0 spiro atoms. The van der Waals surface area contributed by atoms with Crippen LogP contribution in [-0.4, -0.2) is 48.8 Å². The number of hydrogen-bond acceptors (Lipinski definition) is 9. The van der Waals surface area contributed by atoms with Crippen LogP contribution in [0, 0.1) is 0 Å². The van der Waals surface area contributed by atoms with Crippen molar-refractivity contribution in [2.75, 3.05) is 5.32 Å². The third-order valence-corrected chi connectivity index (χ3v) is 9.18. The molecule has 12 nitrogen and oxygen atoms in total. The molecule has 0 saturated carbocycles. The molecular weight excluding hydrogens is 536 g/mol. The van der Waals surface area contributed by atoms with Crippen LogP contribution in [0.15, 0.2) is 58.3 Å². The number of benzene rings is 3. The summed E-state index contributed by atoms with van der Waals surface area (Å²) < 4.78 is 100. The minimum atomic E-state index is -5.10. The first-order valence-corrected chi connectivity index (χ1v) is 14.3. The Balaban J connectivity index is 2.02. The number of rotatable bonds is 5. The van der Waals surface area contributed by atoms with Crippen molar-refractivity contribution in [3.05, 3.63) is 59.7 Å². The maximum absolute atomic E-state index is 12.3. The lowest BCUT2D eigenvalue weighted by molar-refractivity contribution is 0.447. The van der Waals surface area contributed by atoms with Gasteiger partial charge >= 0.3 is 0 Å². The number of phenolic OH excluding ortho intramolecular Hbond substituents is 1. The summed E-state index contributed by atoms with van der Waals surface area (Å²) in [6, 6.07) is 9.66. The molecule has 0 saturated heterocycles. The third kappa shape index (κ3) is 4.29. The smallest absolute Gasteiger partial charge is 0.297 e. The first-order valence-electron chi connectivity index (χ1n) is 10.0. The maximum atomic E-state index is 12.3. The molecule has 0 aliphatic heterocycles. The van der Waals surface area contributed by atoms with E-state index in [0.717, 1.165) is 19.1 Å². The minimum absolute atomic E-state index is 0.0826. The lowest BCUT2D eigenvalue weighted by atomic mass is 9.87. The van der Waals surface area contributed by atoms with E-state index in [4.69, 9.17) is 5.73 Å². The van der Waals surface area contributed by atoms with Crippen LogP contribution in [0.1, 0.15) is 18.1 Å². The van der Waals surface area contributed by atoms with Gasteiger partial charge in [-0.1, -0.05) is 30.3 Å².